The lowest BCUT2D eigenvalue weighted by Crippen LogP contribution is -2.30. The van der Waals surface area contributed by atoms with Gasteiger partial charge in [0.25, 0.3) is 5.91 Å². The van der Waals surface area contributed by atoms with Crippen LogP contribution in [0.5, 0.6) is 0 Å². The van der Waals surface area contributed by atoms with E-state index in [4.69, 9.17) is 4.74 Å². The number of carbonyl (C=O) groups excluding carboxylic acids is 2. The molecule has 0 aliphatic carbocycles. The molecule has 0 heterocycles. The molecular formula is C18H20N2O5S. The molecule has 0 aromatic heterocycles. The minimum atomic E-state index is -3.72. The van der Waals surface area contributed by atoms with Gasteiger partial charge in [0.05, 0.1) is 10.5 Å². The van der Waals surface area contributed by atoms with E-state index in [1.54, 1.807) is 38.1 Å². The Hall–Kier alpha value is -2.71. The maximum Gasteiger partial charge on any atom is 0.338 e. The minimum Gasteiger partial charge on any atom is -0.452 e. The SMILES string of the molecule is CC(C)NS(=O)(=O)c1cccc(C(=O)OCC(=O)Nc2ccccc2)c1. The number of ether oxygens (including phenoxy) is 1. The van der Waals surface area contributed by atoms with Gasteiger partial charge < -0.3 is 10.1 Å². The quantitative estimate of drug-likeness (QED) is 0.721. The molecule has 2 rings (SSSR count). The predicted octanol–water partition coefficient (Wildman–Crippen LogP) is 2.17. The first-order valence-electron chi connectivity index (χ1n) is 7.92. The molecular weight excluding hydrogens is 356 g/mol. The van der Waals surface area contributed by atoms with Crippen molar-refractivity contribution in [3.8, 4) is 0 Å². The Morgan fingerprint density at radius 2 is 1.73 bits per heavy atom. The fourth-order valence-corrected chi connectivity index (χ4v) is 3.40. The van der Waals surface area contributed by atoms with Gasteiger partial charge in [-0.25, -0.2) is 17.9 Å². The van der Waals surface area contributed by atoms with E-state index in [2.05, 4.69) is 10.0 Å². The first-order valence-corrected chi connectivity index (χ1v) is 9.40. The van der Waals surface area contributed by atoms with Crippen LogP contribution in [0.1, 0.15) is 24.2 Å². The van der Waals surface area contributed by atoms with Gasteiger partial charge in [0, 0.05) is 11.7 Å². The van der Waals surface area contributed by atoms with Crippen molar-refractivity contribution >= 4 is 27.6 Å². The molecule has 0 aliphatic heterocycles. The number of benzene rings is 2. The Kier molecular flexibility index (Phi) is 6.48. The molecule has 8 heteroatoms. The number of carbonyl (C=O) groups is 2. The molecule has 0 bridgehead atoms. The summed E-state index contributed by atoms with van der Waals surface area (Å²) in [6.45, 7) is 2.91. The summed E-state index contributed by atoms with van der Waals surface area (Å²) in [6, 6.07) is 13.9. The zero-order valence-corrected chi connectivity index (χ0v) is 15.2. The van der Waals surface area contributed by atoms with E-state index in [0.717, 1.165) is 0 Å². The number of rotatable bonds is 7. The molecule has 0 fully saturated rings. The highest BCUT2D eigenvalue weighted by atomic mass is 32.2. The maximum atomic E-state index is 12.2. The van der Waals surface area contributed by atoms with E-state index >= 15 is 0 Å². The van der Waals surface area contributed by atoms with Crippen LogP contribution in [-0.2, 0) is 19.6 Å². The summed E-state index contributed by atoms with van der Waals surface area (Å²) in [5.74, 6) is -1.27. The molecule has 138 valence electrons. The number of nitrogens with one attached hydrogen (secondary N) is 2. The summed E-state index contributed by atoms with van der Waals surface area (Å²) in [7, 11) is -3.72. The molecule has 7 nitrogen and oxygen atoms in total. The Balaban J connectivity index is 1.99. The largest absolute Gasteiger partial charge is 0.452 e. The Labute approximate surface area is 152 Å². The number of hydrogen-bond acceptors (Lipinski definition) is 5. The Morgan fingerprint density at radius 1 is 1.04 bits per heavy atom. The third-order valence-electron chi connectivity index (χ3n) is 3.16. The van der Waals surface area contributed by atoms with Gasteiger partial charge >= 0.3 is 5.97 Å². The van der Waals surface area contributed by atoms with Gasteiger partial charge in [0.2, 0.25) is 10.0 Å². The third kappa shape index (κ3) is 5.68. The Morgan fingerprint density at radius 3 is 2.38 bits per heavy atom. The highest BCUT2D eigenvalue weighted by molar-refractivity contribution is 7.89. The molecule has 0 atom stereocenters. The summed E-state index contributed by atoms with van der Waals surface area (Å²) >= 11 is 0. The molecule has 0 saturated carbocycles. The lowest BCUT2D eigenvalue weighted by atomic mass is 10.2. The predicted molar refractivity (Wildman–Crippen MR) is 97.3 cm³/mol. The second-order valence-electron chi connectivity index (χ2n) is 5.79. The standard InChI is InChI=1S/C18H20N2O5S/c1-13(2)20-26(23,24)16-10-6-7-14(11-16)18(22)25-12-17(21)19-15-8-4-3-5-9-15/h3-11,13,20H,12H2,1-2H3,(H,19,21). The molecule has 0 unspecified atom stereocenters. The first kappa shape index (κ1) is 19.6. The van der Waals surface area contributed by atoms with Crippen molar-refractivity contribution in [2.75, 3.05) is 11.9 Å². The zero-order valence-electron chi connectivity index (χ0n) is 14.4. The lowest BCUT2D eigenvalue weighted by molar-refractivity contribution is -0.119. The van der Waals surface area contributed by atoms with Crippen molar-refractivity contribution < 1.29 is 22.7 Å². The molecule has 0 radical (unpaired) electrons. The van der Waals surface area contributed by atoms with Crippen molar-refractivity contribution in [3.63, 3.8) is 0 Å². The van der Waals surface area contributed by atoms with Crippen molar-refractivity contribution in [3.05, 3.63) is 60.2 Å². The normalized spacial score (nSPS) is 11.2. The van der Waals surface area contributed by atoms with E-state index in [9.17, 15) is 18.0 Å². The zero-order chi connectivity index (χ0) is 19.2. The van der Waals surface area contributed by atoms with E-state index in [-0.39, 0.29) is 16.5 Å². The van der Waals surface area contributed by atoms with E-state index in [1.807, 2.05) is 6.07 Å². The van der Waals surface area contributed by atoms with Crippen LogP contribution < -0.4 is 10.0 Å². The van der Waals surface area contributed by atoms with Crippen LogP contribution in [0.4, 0.5) is 5.69 Å². The summed E-state index contributed by atoms with van der Waals surface area (Å²) in [5, 5.41) is 2.58. The van der Waals surface area contributed by atoms with Crippen molar-refractivity contribution in [2.24, 2.45) is 0 Å². The molecule has 0 aliphatic rings. The van der Waals surface area contributed by atoms with Gasteiger partial charge in [0.1, 0.15) is 0 Å². The number of hydrogen-bond donors (Lipinski definition) is 2. The average molecular weight is 376 g/mol. The minimum absolute atomic E-state index is 0.0455. The molecule has 0 spiro atoms. The van der Waals surface area contributed by atoms with Crippen molar-refractivity contribution in [1.82, 2.24) is 4.72 Å². The van der Waals surface area contributed by atoms with Crippen LogP contribution in [0.15, 0.2) is 59.5 Å². The number of anilines is 1. The Bertz CT molecular complexity index is 879. The summed E-state index contributed by atoms with van der Waals surface area (Å²) in [4.78, 5) is 23.8. The van der Waals surface area contributed by atoms with Gasteiger partial charge in [0.15, 0.2) is 6.61 Å². The van der Waals surface area contributed by atoms with Crippen molar-refractivity contribution in [2.45, 2.75) is 24.8 Å². The summed E-state index contributed by atoms with van der Waals surface area (Å²) in [5.41, 5.74) is 0.630. The fraction of sp³-hybridized carbons (Fsp3) is 0.222. The first-order chi connectivity index (χ1) is 12.3. The smallest absolute Gasteiger partial charge is 0.338 e. The van der Waals surface area contributed by atoms with Gasteiger partial charge in [-0.05, 0) is 44.2 Å². The van der Waals surface area contributed by atoms with Crippen LogP contribution in [0.3, 0.4) is 0 Å². The van der Waals surface area contributed by atoms with Crippen LogP contribution in [-0.4, -0.2) is 32.9 Å². The van der Waals surface area contributed by atoms with Gasteiger partial charge in [-0.15, -0.1) is 0 Å². The van der Waals surface area contributed by atoms with Crippen LogP contribution in [0.2, 0.25) is 0 Å². The second kappa shape index (κ2) is 8.59. The second-order valence-corrected chi connectivity index (χ2v) is 7.51. The van der Waals surface area contributed by atoms with E-state index in [0.29, 0.717) is 5.69 Å². The van der Waals surface area contributed by atoms with Gasteiger partial charge in [-0.1, -0.05) is 24.3 Å². The number of esters is 1. The average Bonchev–Trinajstić information content (AvgIpc) is 2.59. The summed E-state index contributed by atoms with van der Waals surface area (Å²) in [6.07, 6.45) is 0. The molecule has 0 saturated heterocycles. The monoisotopic (exact) mass is 376 g/mol. The highest BCUT2D eigenvalue weighted by Gasteiger charge is 2.18. The number of sulfonamides is 1. The number of amides is 1. The lowest BCUT2D eigenvalue weighted by Gasteiger charge is -2.10. The van der Waals surface area contributed by atoms with Gasteiger partial charge in [-0.2, -0.15) is 0 Å². The molecule has 2 aromatic carbocycles. The van der Waals surface area contributed by atoms with Crippen LogP contribution >= 0.6 is 0 Å². The van der Waals surface area contributed by atoms with E-state index < -0.39 is 28.5 Å². The highest BCUT2D eigenvalue weighted by Crippen LogP contribution is 2.13. The third-order valence-corrected chi connectivity index (χ3v) is 4.82. The van der Waals surface area contributed by atoms with Crippen LogP contribution in [0, 0.1) is 0 Å². The summed E-state index contributed by atoms with van der Waals surface area (Å²) < 4.78 is 31.7. The molecule has 26 heavy (non-hydrogen) atoms. The molecule has 2 aromatic rings. The fourth-order valence-electron chi connectivity index (χ4n) is 2.10. The van der Waals surface area contributed by atoms with Gasteiger partial charge in [-0.3, -0.25) is 4.79 Å². The van der Waals surface area contributed by atoms with E-state index in [1.165, 1.54) is 24.3 Å². The maximum absolute atomic E-state index is 12.2. The van der Waals surface area contributed by atoms with Crippen LogP contribution in [0.25, 0.3) is 0 Å². The molecule has 1 amide bonds. The van der Waals surface area contributed by atoms with Crippen molar-refractivity contribution in [1.29, 1.82) is 0 Å². The molecule has 2 N–H and O–H groups in total. The topological polar surface area (TPSA) is 102 Å². The number of para-hydroxylation sites is 1.